The third-order valence-corrected chi connectivity index (χ3v) is 5.71. The van der Waals surface area contributed by atoms with Gasteiger partial charge in [-0.3, -0.25) is 0 Å². The Kier molecular flexibility index (Phi) is 8.43. The van der Waals surface area contributed by atoms with Crippen LogP contribution < -0.4 is 5.32 Å². The molecule has 1 fully saturated rings. The molecular weight excluding hydrogens is 378 g/mol. The smallest absolute Gasteiger partial charge is 0.336 e. The number of aryl methyl sites for hydroxylation is 2. The third-order valence-electron chi connectivity index (χ3n) is 5.71. The van der Waals surface area contributed by atoms with E-state index in [0.717, 1.165) is 49.9 Å². The summed E-state index contributed by atoms with van der Waals surface area (Å²) in [7, 11) is 0. The Morgan fingerprint density at radius 2 is 1.80 bits per heavy atom. The molecule has 2 N–H and O–H groups in total. The molecule has 5 nitrogen and oxygen atoms in total. The van der Waals surface area contributed by atoms with Gasteiger partial charge in [0.15, 0.2) is 0 Å². The van der Waals surface area contributed by atoms with Crippen LogP contribution in [-0.4, -0.2) is 36.4 Å². The summed E-state index contributed by atoms with van der Waals surface area (Å²) >= 11 is 0. The SMILES string of the molecule is Cc1ccc(CNCCO[C@H]2CCC[C@@H](OCc3cccc(C)c3C(=O)O)C2)cc1. The van der Waals surface area contributed by atoms with Gasteiger partial charge in [0.25, 0.3) is 0 Å². The highest BCUT2D eigenvalue weighted by molar-refractivity contribution is 5.91. The van der Waals surface area contributed by atoms with Crippen molar-refractivity contribution < 1.29 is 19.4 Å². The maximum absolute atomic E-state index is 11.5. The topological polar surface area (TPSA) is 67.8 Å². The number of ether oxygens (including phenoxy) is 2. The molecule has 5 heteroatoms. The molecule has 1 saturated carbocycles. The second-order valence-electron chi connectivity index (χ2n) is 8.17. The predicted molar refractivity (Wildman–Crippen MR) is 118 cm³/mol. The van der Waals surface area contributed by atoms with E-state index < -0.39 is 5.97 Å². The van der Waals surface area contributed by atoms with Crippen LogP contribution in [-0.2, 0) is 22.6 Å². The van der Waals surface area contributed by atoms with Crippen LogP contribution in [0.5, 0.6) is 0 Å². The molecule has 2 atom stereocenters. The quantitative estimate of drug-likeness (QED) is 0.558. The number of carboxylic acids is 1. The summed E-state index contributed by atoms with van der Waals surface area (Å²) in [6, 6.07) is 14.1. The van der Waals surface area contributed by atoms with E-state index in [1.807, 2.05) is 25.1 Å². The second kappa shape index (κ2) is 11.3. The maximum atomic E-state index is 11.5. The molecule has 1 aliphatic rings. The van der Waals surface area contributed by atoms with Crippen LogP contribution in [0, 0.1) is 13.8 Å². The van der Waals surface area contributed by atoms with E-state index in [1.165, 1.54) is 11.1 Å². The molecule has 0 saturated heterocycles. The first-order valence-electron chi connectivity index (χ1n) is 10.8. The maximum Gasteiger partial charge on any atom is 0.336 e. The summed E-state index contributed by atoms with van der Waals surface area (Å²) in [5, 5.41) is 12.9. The minimum atomic E-state index is -0.894. The molecular formula is C25H33NO4. The van der Waals surface area contributed by atoms with Gasteiger partial charge in [-0.1, -0.05) is 48.0 Å². The van der Waals surface area contributed by atoms with Crippen molar-refractivity contribution in [2.75, 3.05) is 13.2 Å². The highest BCUT2D eigenvalue weighted by atomic mass is 16.5. The lowest BCUT2D eigenvalue weighted by atomic mass is 9.94. The first kappa shape index (κ1) is 22.5. The normalized spacial score (nSPS) is 19.0. The molecule has 162 valence electrons. The molecule has 30 heavy (non-hydrogen) atoms. The van der Waals surface area contributed by atoms with Crippen LogP contribution in [0.3, 0.4) is 0 Å². The fraction of sp³-hybridized carbons (Fsp3) is 0.480. The van der Waals surface area contributed by atoms with Crippen LogP contribution in [0.4, 0.5) is 0 Å². The van der Waals surface area contributed by atoms with E-state index in [9.17, 15) is 9.90 Å². The second-order valence-corrected chi connectivity index (χ2v) is 8.17. The van der Waals surface area contributed by atoms with Gasteiger partial charge in [0.1, 0.15) is 0 Å². The van der Waals surface area contributed by atoms with Gasteiger partial charge in [0.2, 0.25) is 0 Å². The van der Waals surface area contributed by atoms with Crippen LogP contribution in [0.25, 0.3) is 0 Å². The minimum absolute atomic E-state index is 0.117. The molecule has 2 aromatic carbocycles. The van der Waals surface area contributed by atoms with E-state index in [0.29, 0.717) is 18.8 Å². The molecule has 1 aliphatic carbocycles. The van der Waals surface area contributed by atoms with Gasteiger partial charge in [-0.05, 0) is 56.2 Å². The highest BCUT2D eigenvalue weighted by Crippen LogP contribution is 2.25. The van der Waals surface area contributed by atoms with Crippen molar-refractivity contribution in [3.63, 3.8) is 0 Å². The number of carbonyl (C=O) groups is 1. The van der Waals surface area contributed by atoms with Gasteiger partial charge < -0.3 is 19.9 Å². The van der Waals surface area contributed by atoms with Crippen LogP contribution in [0.15, 0.2) is 42.5 Å². The molecule has 0 aliphatic heterocycles. The Hall–Kier alpha value is -2.21. The van der Waals surface area contributed by atoms with Gasteiger partial charge in [-0.25, -0.2) is 4.79 Å². The summed E-state index contributed by atoms with van der Waals surface area (Å²) in [5.41, 5.74) is 4.43. The number of benzene rings is 2. The van der Waals surface area contributed by atoms with Gasteiger partial charge >= 0.3 is 5.97 Å². The van der Waals surface area contributed by atoms with Crippen molar-refractivity contribution in [3.8, 4) is 0 Å². The van der Waals surface area contributed by atoms with Crippen molar-refractivity contribution in [1.29, 1.82) is 0 Å². The first-order chi connectivity index (χ1) is 14.5. The standard InChI is InChI=1S/C25H33NO4/c1-18-9-11-20(12-10-18)16-26-13-14-29-22-7-4-8-23(15-22)30-17-21-6-3-5-19(2)24(21)25(27)28/h3,5-6,9-12,22-23,26H,4,7-8,13-17H2,1-2H3,(H,27,28)/t22-,23+/m0/s1. The summed E-state index contributed by atoms with van der Waals surface area (Å²) in [5.74, 6) is -0.894. The van der Waals surface area contributed by atoms with Crippen LogP contribution >= 0.6 is 0 Å². The van der Waals surface area contributed by atoms with Gasteiger partial charge in [-0.2, -0.15) is 0 Å². The lowest BCUT2D eigenvalue weighted by Crippen LogP contribution is -2.30. The van der Waals surface area contributed by atoms with Crippen molar-refractivity contribution in [2.45, 2.75) is 64.9 Å². The summed E-state index contributed by atoms with van der Waals surface area (Å²) < 4.78 is 12.1. The number of carboxylic acid groups (broad SMARTS) is 1. The Morgan fingerprint density at radius 3 is 2.53 bits per heavy atom. The average molecular weight is 412 g/mol. The molecule has 0 bridgehead atoms. The minimum Gasteiger partial charge on any atom is -0.478 e. The van der Waals surface area contributed by atoms with Crippen molar-refractivity contribution in [3.05, 3.63) is 70.3 Å². The van der Waals surface area contributed by atoms with E-state index in [2.05, 4.69) is 36.5 Å². The summed E-state index contributed by atoms with van der Waals surface area (Å²) in [6.45, 7) is 6.61. The van der Waals surface area contributed by atoms with E-state index in [-0.39, 0.29) is 12.2 Å². The zero-order valence-electron chi connectivity index (χ0n) is 18.0. The summed E-state index contributed by atoms with van der Waals surface area (Å²) in [6.07, 6.45) is 4.33. The number of hydrogen-bond donors (Lipinski definition) is 2. The highest BCUT2D eigenvalue weighted by Gasteiger charge is 2.24. The number of nitrogens with one attached hydrogen (secondary N) is 1. The average Bonchev–Trinajstić information content (AvgIpc) is 2.73. The number of hydrogen-bond acceptors (Lipinski definition) is 4. The summed E-state index contributed by atoms with van der Waals surface area (Å²) in [4.78, 5) is 11.5. The molecule has 0 radical (unpaired) electrons. The fourth-order valence-electron chi connectivity index (χ4n) is 4.00. The lowest BCUT2D eigenvalue weighted by molar-refractivity contribution is -0.0496. The Morgan fingerprint density at radius 1 is 1.07 bits per heavy atom. The Balaban J connectivity index is 1.38. The van der Waals surface area contributed by atoms with Crippen molar-refractivity contribution in [2.24, 2.45) is 0 Å². The monoisotopic (exact) mass is 411 g/mol. The molecule has 2 aromatic rings. The number of aromatic carboxylic acids is 1. The molecule has 0 spiro atoms. The fourth-order valence-corrected chi connectivity index (χ4v) is 4.00. The van der Waals surface area contributed by atoms with E-state index in [1.54, 1.807) is 0 Å². The van der Waals surface area contributed by atoms with Gasteiger partial charge in [0.05, 0.1) is 31.0 Å². The lowest BCUT2D eigenvalue weighted by Gasteiger charge is -2.29. The van der Waals surface area contributed by atoms with E-state index >= 15 is 0 Å². The first-order valence-corrected chi connectivity index (χ1v) is 10.8. The van der Waals surface area contributed by atoms with Gasteiger partial charge in [-0.15, -0.1) is 0 Å². The zero-order chi connectivity index (χ0) is 21.3. The molecule has 0 amide bonds. The largest absolute Gasteiger partial charge is 0.478 e. The van der Waals surface area contributed by atoms with Crippen molar-refractivity contribution >= 4 is 5.97 Å². The Bertz CT molecular complexity index is 818. The molecule has 0 unspecified atom stereocenters. The Labute approximate surface area is 179 Å². The molecule has 0 heterocycles. The predicted octanol–water partition coefficient (Wildman–Crippen LogP) is 4.64. The van der Waals surface area contributed by atoms with E-state index in [4.69, 9.17) is 9.47 Å². The molecule has 0 aromatic heterocycles. The third kappa shape index (κ3) is 6.66. The van der Waals surface area contributed by atoms with Gasteiger partial charge in [0, 0.05) is 13.1 Å². The zero-order valence-corrected chi connectivity index (χ0v) is 18.0. The van der Waals surface area contributed by atoms with Crippen molar-refractivity contribution in [1.82, 2.24) is 5.32 Å². The molecule has 3 rings (SSSR count). The van der Waals surface area contributed by atoms with Crippen LogP contribution in [0.2, 0.25) is 0 Å². The number of rotatable bonds is 10. The van der Waals surface area contributed by atoms with Crippen LogP contribution in [0.1, 0.15) is 58.3 Å².